The lowest BCUT2D eigenvalue weighted by atomic mass is 10.1. The van der Waals surface area contributed by atoms with E-state index in [-0.39, 0.29) is 0 Å². The number of aromatic nitrogens is 2. The third kappa shape index (κ3) is 2.45. The Morgan fingerprint density at radius 1 is 1.64 bits per heavy atom. The molecule has 0 fully saturated rings. The maximum atomic E-state index is 10.3. The first-order chi connectivity index (χ1) is 6.50. The summed E-state index contributed by atoms with van der Waals surface area (Å²) in [6.45, 7) is 4.06. The van der Waals surface area contributed by atoms with E-state index in [2.05, 4.69) is 5.10 Å². The smallest absolute Gasteiger partial charge is 0.328 e. The van der Waals surface area contributed by atoms with Crippen molar-refractivity contribution in [3.63, 3.8) is 0 Å². The lowest BCUT2D eigenvalue weighted by molar-refractivity contribution is -0.131. The van der Waals surface area contributed by atoms with Crippen LogP contribution in [0.3, 0.4) is 0 Å². The quantitative estimate of drug-likeness (QED) is 0.744. The van der Waals surface area contributed by atoms with Crippen LogP contribution in [-0.2, 0) is 11.8 Å². The van der Waals surface area contributed by atoms with Gasteiger partial charge in [0.25, 0.3) is 0 Å². The monoisotopic (exact) mass is 194 g/mol. The molecule has 0 amide bonds. The molecular formula is C10H14N2O2. The van der Waals surface area contributed by atoms with Crippen LogP contribution < -0.4 is 0 Å². The Morgan fingerprint density at radius 2 is 2.29 bits per heavy atom. The average Bonchev–Trinajstić information content (AvgIpc) is 2.43. The minimum atomic E-state index is -0.941. The third-order valence-corrected chi connectivity index (χ3v) is 1.84. The van der Waals surface area contributed by atoms with Gasteiger partial charge in [-0.25, -0.2) is 4.79 Å². The number of aryl methyl sites for hydroxylation is 1. The van der Waals surface area contributed by atoms with Crippen LogP contribution in [0.1, 0.15) is 31.0 Å². The highest BCUT2D eigenvalue weighted by atomic mass is 16.4. The summed E-state index contributed by atoms with van der Waals surface area (Å²) < 4.78 is 1.69. The molecule has 0 aliphatic heterocycles. The van der Waals surface area contributed by atoms with Gasteiger partial charge in [-0.3, -0.25) is 4.68 Å². The van der Waals surface area contributed by atoms with Crippen molar-refractivity contribution in [2.24, 2.45) is 7.05 Å². The standard InChI is InChI=1S/C10H14N2O2/c1-7(2)10-8(4-5-9(13)14)6-12(3)11-10/h4-7H,1-3H3,(H,13,14). The summed E-state index contributed by atoms with van der Waals surface area (Å²) in [6, 6.07) is 0. The minimum absolute atomic E-state index is 0.296. The predicted octanol–water partition coefficient (Wildman–Crippen LogP) is 1.64. The molecule has 0 aliphatic carbocycles. The van der Waals surface area contributed by atoms with E-state index in [0.717, 1.165) is 17.3 Å². The van der Waals surface area contributed by atoms with Crippen molar-refractivity contribution >= 4 is 12.0 Å². The Morgan fingerprint density at radius 3 is 2.79 bits per heavy atom. The molecule has 1 heterocycles. The molecule has 0 atom stereocenters. The van der Waals surface area contributed by atoms with Gasteiger partial charge in [-0.15, -0.1) is 0 Å². The van der Waals surface area contributed by atoms with Crippen molar-refractivity contribution in [2.45, 2.75) is 19.8 Å². The molecule has 14 heavy (non-hydrogen) atoms. The Hall–Kier alpha value is -1.58. The van der Waals surface area contributed by atoms with Crippen LogP contribution in [0.2, 0.25) is 0 Å². The largest absolute Gasteiger partial charge is 0.478 e. The van der Waals surface area contributed by atoms with Gasteiger partial charge in [0, 0.05) is 24.9 Å². The third-order valence-electron chi connectivity index (χ3n) is 1.84. The maximum absolute atomic E-state index is 10.3. The zero-order valence-corrected chi connectivity index (χ0v) is 8.56. The van der Waals surface area contributed by atoms with Crippen LogP contribution in [-0.4, -0.2) is 20.9 Å². The van der Waals surface area contributed by atoms with Crippen LogP contribution in [0, 0.1) is 0 Å². The molecule has 1 N–H and O–H groups in total. The normalized spacial score (nSPS) is 11.4. The molecule has 4 heteroatoms. The van der Waals surface area contributed by atoms with E-state index in [1.165, 1.54) is 0 Å². The van der Waals surface area contributed by atoms with Crippen molar-refractivity contribution in [3.05, 3.63) is 23.5 Å². The molecule has 1 aromatic heterocycles. The van der Waals surface area contributed by atoms with Gasteiger partial charge in [-0.05, 0) is 12.0 Å². The van der Waals surface area contributed by atoms with Crippen molar-refractivity contribution in [1.29, 1.82) is 0 Å². The molecule has 4 nitrogen and oxygen atoms in total. The molecule has 0 aliphatic rings. The van der Waals surface area contributed by atoms with Gasteiger partial charge in [0.2, 0.25) is 0 Å². The predicted molar refractivity (Wildman–Crippen MR) is 54.0 cm³/mol. The molecule has 0 saturated heterocycles. The first-order valence-corrected chi connectivity index (χ1v) is 4.45. The van der Waals surface area contributed by atoms with E-state index in [9.17, 15) is 4.79 Å². The summed E-state index contributed by atoms with van der Waals surface area (Å²) in [5.41, 5.74) is 1.79. The second-order valence-corrected chi connectivity index (χ2v) is 3.47. The molecule has 0 spiro atoms. The molecule has 76 valence electrons. The minimum Gasteiger partial charge on any atom is -0.478 e. The van der Waals surface area contributed by atoms with Gasteiger partial charge in [0.1, 0.15) is 0 Å². The fraction of sp³-hybridized carbons (Fsp3) is 0.400. The van der Waals surface area contributed by atoms with Crippen LogP contribution in [0.5, 0.6) is 0 Å². The second-order valence-electron chi connectivity index (χ2n) is 3.47. The van der Waals surface area contributed by atoms with Crippen molar-refractivity contribution in [1.82, 2.24) is 9.78 Å². The van der Waals surface area contributed by atoms with Crippen LogP contribution in [0.4, 0.5) is 0 Å². The Kier molecular flexibility index (Phi) is 3.06. The number of hydrogen-bond acceptors (Lipinski definition) is 2. The summed E-state index contributed by atoms with van der Waals surface area (Å²) in [7, 11) is 1.82. The van der Waals surface area contributed by atoms with Gasteiger partial charge in [0.15, 0.2) is 0 Å². The Balaban J connectivity index is 3.01. The SMILES string of the molecule is CC(C)c1nn(C)cc1C=CC(=O)O. The highest BCUT2D eigenvalue weighted by molar-refractivity contribution is 5.85. The molecule has 0 saturated carbocycles. The van der Waals surface area contributed by atoms with Gasteiger partial charge in [0.05, 0.1) is 5.69 Å². The van der Waals surface area contributed by atoms with Gasteiger partial charge >= 0.3 is 5.97 Å². The number of hydrogen-bond donors (Lipinski definition) is 1. The highest BCUT2D eigenvalue weighted by Gasteiger charge is 2.08. The number of nitrogens with zero attached hydrogens (tertiary/aromatic N) is 2. The first kappa shape index (κ1) is 10.5. The number of carbonyl (C=O) groups is 1. The summed E-state index contributed by atoms with van der Waals surface area (Å²) in [5, 5.41) is 12.8. The van der Waals surface area contributed by atoms with Gasteiger partial charge in [-0.2, -0.15) is 5.10 Å². The Labute approximate surface area is 82.9 Å². The molecule has 0 aromatic carbocycles. The summed E-state index contributed by atoms with van der Waals surface area (Å²) in [5.74, 6) is -0.645. The Bertz CT molecular complexity index is 364. The van der Waals surface area contributed by atoms with E-state index in [0.29, 0.717) is 5.92 Å². The first-order valence-electron chi connectivity index (χ1n) is 4.45. The van der Waals surface area contributed by atoms with E-state index < -0.39 is 5.97 Å². The van der Waals surface area contributed by atoms with Gasteiger partial charge < -0.3 is 5.11 Å². The lowest BCUT2D eigenvalue weighted by Gasteiger charge is -2.00. The number of aliphatic carboxylic acids is 1. The van der Waals surface area contributed by atoms with Crippen molar-refractivity contribution in [2.75, 3.05) is 0 Å². The highest BCUT2D eigenvalue weighted by Crippen LogP contribution is 2.18. The maximum Gasteiger partial charge on any atom is 0.328 e. The van der Waals surface area contributed by atoms with Crippen molar-refractivity contribution in [3.8, 4) is 0 Å². The topological polar surface area (TPSA) is 55.1 Å². The fourth-order valence-electron chi connectivity index (χ4n) is 1.26. The van der Waals surface area contributed by atoms with E-state index in [1.54, 1.807) is 10.8 Å². The summed E-state index contributed by atoms with van der Waals surface area (Å²) in [4.78, 5) is 10.3. The fourth-order valence-corrected chi connectivity index (χ4v) is 1.26. The zero-order chi connectivity index (χ0) is 10.7. The molecule has 0 radical (unpaired) electrons. The lowest BCUT2D eigenvalue weighted by Crippen LogP contribution is -1.93. The number of carboxylic acid groups (broad SMARTS) is 1. The van der Waals surface area contributed by atoms with Crippen LogP contribution in [0.25, 0.3) is 6.08 Å². The second kappa shape index (κ2) is 4.09. The van der Waals surface area contributed by atoms with Crippen molar-refractivity contribution < 1.29 is 9.90 Å². The molecule has 1 rings (SSSR count). The number of rotatable bonds is 3. The van der Waals surface area contributed by atoms with Crippen LogP contribution in [0.15, 0.2) is 12.3 Å². The molecular weight excluding hydrogens is 180 g/mol. The van der Waals surface area contributed by atoms with E-state index in [4.69, 9.17) is 5.11 Å². The molecule has 0 unspecified atom stereocenters. The number of carboxylic acids is 1. The zero-order valence-electron chi connectivity index (χ0n) is 8.56. The van der Waals surface area contributed by atoms with Gasteiger partial charge in [-0.1, -0.05) is 13.8 Å². The average molecular weight is 194 g/mol. The molecule has 0 bridgehead atoms. The molecule has 1 aromatic rings. The summed E-state index contributed by atoms with van der Waals surface area (Å²) >= 11 is 0. The summed E-state index contributed by atoms with van der Waals surface area (Å²) in [6.07, 6.45) is 4.52. The van der Waals surface area contributed by atoms with E-state index >= 15 is 0 Å². The van der Waals surface area contributed by atoms with E-state index in [1.807, 2.05) is 27.1 Å². The van der Waals surface area contributed by atoms with Crippen LogP contribution >= 0.6 is 0 Å².